The monoisotopic (exact) mass is 373 g/mol. The maximum absolute atomic E-state index is 12.7. The van der Waals surface area contributed by atoms with Crippen LogP contribution in [0.15, 0.2) is 18.3 Å². The van der Waals surface area contributed by atoms with E-state index in [0.717, 1.165) is 63.0 Å². The number of primary amides is 1. The van der Waals surface area contributed by atoms with Gasteiger partial charge in [0, 0.05) is 42.9 Å². The van der Waals surface area contributed by atoms with Gasteiger partial charge in [-0.3, -0.25) is 9.59 Å². The SMILES string of the molecule is CC1(N)CCCCC1C(=O)NCc1cccnc1N1CCC(C(N)=O)CC1. The Hall–Kier alpha value is -2.15. The van der Waals surface area contributed by atoms with E-state index < -0.39 is 5.54 Å². The van der Waals surface area contributed by atoms with Gasteiger partial charge in [-0.05, 0) is 38.7 Å². The molecule has 1 aromatic heterocycles. The summed E-state index contributed by atoms with van der Waals surface area (Å²) >= 11 is 0. The molecule has 27 heavy (non-hydrogen) atoms. The van der Waals surface area contributed by atoms with E-state index in [9.17, 15) is 9.59 Å². The molecule has 0 bridgehead atoms. The number of carbonyl (C=O) groups excluding carboxylic acids is 2. The van der Waals surface area contributed by atoms with Gasteiger partial charge in [-0.15, -0.1) is 0 Å². The zero-order valence-corrected chi connectivity index (χ0v) is 16.1. The zero-order valence-electron chi connectivity index (χ0n) is 16.1. The van der Waals surface area contributed by atoms with E-state index in [1.807, 2.05) is 19.1 Å². The first kappa shape index (κ1) is 19.6. The molecule has 0 spiro atoms. The second-order valence-electron chi connectivity index (χ2n) is 8.17. The molecule has 1 aliphatic heterocycles. The predicted molar refractivity (Wildman–Crippen MR) is 105 cm³/mol. The standard InChI is InChI=1S/C20H31N5O2/c1-20(22)9-3-2-6-16(20)19(27)24-13-15-5-4-10-23-18(15)25-11-7-14(8-12-25)17(21)26/h4-5,10,14,16H,2-3,6-9,11-13,22H2,1H3,(H2,21,26)(H,24,27). The van der Waals surface area contributed by atoms with Gasteiger partial charge in [0.25, 0.3) is 0 Å². The Balaban J connectivity index is 1.63. The number of carbonyl (C=O) groups is 2. The molecule has 0 aromatic carbocycles. The van der Waals surface area contributed by atoms with E-state index in [4.69, 9.17) is 11.5 Å². The summed E-state index contributed by atoms with van der Waals surface area (Å²) in [5, 5.41) is 3.07. The van der Waals surface area contributed by atoms with Crippen LogP contribution in [0.3, 0.4) is 0 Å². The molecule has 2 aliphatic rings. The van der Waals surface area contributed by atoms with E-state index in [2.05, 4.69) is 15.2 Å². The molecule has 148 valence electrons. The van der Waals surface area contributed by atoms with Crippen molar-refractivity contribution < 1.29 is 9.59 Å². The summed E-state index contributed by atoms with van der Waals surface area (Å²) in [5.74, 6) is 0.488. The molecule has 2 amide bonds. The lowest BCUT2D eigenvalue weighted by molar-refractivity contribution is -0.128. The number of hydrogen-bond acceptors (Lipinski definition) is 5. The zero-order chi connectivity index (χ0) is 19.4. The van der Waals surface area contributed by atoms with Gasteiger partial charge in [0.1, 0.15) is 5.82 Å². The van der Waals surface area contributed by atoms with Gasteiger partial charge in [0.05, 0.1) is 5.92 Å². The van der Waals surface area contributed by atoms with Crippen molar-refractivity contribution >= 4 is 17.6 Å². The minimum absolute atomic E-state index is 0.0296. The van der Waals surface area contributed by atoms with Crippen molar-refractivity contribution in [1.82, 2.24) is 10.3 Å². The molecular formula is C20H31N5O2. The topological polar surface area (TPSA) is 114 Å². The maximum atomic E-state index is 12.7. The minimum Gasteiger partial charge on any atom is -0.369 e. The maximum Gasteiger partial charge on any atom is 0.225 e. The van der Waals surface area contributed by atoms with E-state index in [1.165, 1.54) is 0 Å². The largest absolute Gasteiger partial charge is 0.369 e. The molecule has 2 atom stereocenters. The van der Waals surface area contributed by atoms with Crippen LogP contribution in [0.4, 0.5) is 5.82 Å². The molecule has 1 aromatic rings. The molecule has 7 heteroatoms. The van der Waals surface area contributed by atoms with Gasteiger partial charge < -0.3 is 21.7 Å². The van der Waals surface area contributed by atoms with Crippen molar-refractivity contribution in [3.8, 4) is 0 Å². The fourth-order valence-electron chi connectivity index (χ4n) is 4.32. The first-order valence-corrected chi connectivity index (χ1v) is 9.93. The van der Waals surface area contributed by atoms with Crippen molar-refractivity contribution in [3.05, 3.63) is 23.9 Å². The molecule has 5 N–H and O–H groups in total. The lowest BCUT2D eigenvalue weighted by Crippen LogP contribution is -2.52. The second kappa shape index (κ2) is 8.25. The van der Waals surface area contributed by atoms with Crippen LogP contribution in [0.2, 0.25) is 0 Å². The summed E-state index contributed by atoms with van der Waals surface area (Å²) in [6.07, 6.45) is 7.12. The van der Waals surface area contributed by atoms with Crippen LogP contribution in [-0.2, 0) is 16.1 Å². The summed E-state index contributed by atoms with van der Waals surface area (Å²) in [6, 6.07) is 3.88. The Morgan fingerprint density at radius 1 is 1.30 bits per heavy atom. The van der Waals surface area contributed by atoms with Crippen LogP contribution in [0, 0.1) is 11.8 Å². The first-order valence-electron chi connectivity index (χ1n) is 9.93. The molecule has 1 saturated heterocycles. The Kier molecular flexibility index (Phi) is 5.99. The average molecular weight is 374 g/mol. The number of hydrogen-bond donors (Lipinski definition) is 3. The number of nitrogens with zero attached hydrogens (tertiary/aromatic N) is 2. The van der Waals surface area contributed by atoms with Gasteiger partial charge in [0.2, 0.25) is 11.8 Å². The summed E-state index contributed by atoms with van der Waals surface area (Å²) in [7, 11) is 0. The smallest absolute Gasteiger partial charge is 0.225 e. The normalized spacial score (nSPS) is 26.6. The van der Waals surface area contributed by atoms with Crippen molar-refractivity contribution in [2.24, 2.45) is 23.3 Å². The summed E-state index contributed by atoms with van der Waals surface area (Å²) < 4.78 is 0. The van der Waals surface area contributed by atoms with Crippen molar-refractivity contribution in [1.29, 1.82) is 0 Å². The molecule has 7 nitrogen and oxygen atoms in total. The molecular weight excluding hydrogens is 342 g/mol. The van der Waals surface area contributed by atoms with Gasteiger partial charge in [0.15, 0.2) is 0 Å². The van der Waals surface area contributed by atoms with Crippen LogP contribution in [-0.4, -0.2) is 35.4 Å². The Labute approximate surface area is 160 Å². The van der Waals surface area contributed by atoms with Crippen molar-refractivity contribution in [2.45, 2.75) is 57.5 Å². The van der Waals surface area contributed by atoms with E-state index in [-0.39, 0.29) is 23.7 Å². The lowest BCUT2D eigenvalue weighted by atomic mass is 9.74. The number of anilines is 1. The first-order chi connectivity index (χ1) is 12.9. The highest BCUT2D eigenvalue weighted by Gasteiger charge is 2.37. The number of rotatable bonds is 5. The van der Waals surface area contributed by atoms with Crippen LogP contribution in [0.25, 0.3) is 0 Å². The minimum atomic E-state index is -0.434. The highest BCUT2D eigenvalue weighted by atomic mass is 16.2. The molecule has 3 rings (SSSR count). The fraction of sp³-hybridized carbons (Fsp3) is 0.650. The van der Waals surface area contributed by atoms with E-state index >= 15 is 0 Å². The average Bonchev–Trinajstić information content (AvgIpc) is 2.66. The second-order valence-corrected chi connectivity index (χ2v) is 8.17. The molecule has 2 unspecified atom stereocenters. The molecule has 0 radical (unpaired) electrons. The number of piperidine rings is 1. The Morgan fingerprint density at radius 2 is 2.04 bits per heavy atom. The quantitative estimate of drug-likeness (QED) is 0.720. The highest BCUT2D eigenvalue weighted by molar-refractivity contribution is 5.80. The predicted octanol–water partition coefficient (Wildman–Crippen LogP) is 1.31. The third-order valence-electron chi connectivity index (χ3n) is 6.09. The number of amides is 2. The summed E-state index contributed by atoms with van der Waals surface area (Å²) in [6.45, 7) is 3.91. The van der Waals surface area contributed by atoms with Crippen LogP contribution >= 0.6 is 0 Å². The summed E-state index contributed by atoms with van der Waals surface area (Å²) in [5.41, 5.74) is 12.3. The number of aromatic nitrogens is 1. The van der Waals surface area contributed by atoms with Crippen LogP contribution in [0.5, 0.6) is 0 Å². The van der Waals surface area contributed by atoms with Crippen molar-refractivity contribution in [3.63, 3.8) is 0 Å². The number of nitrogens with two attached hydrogens (primary N) is 2. The molecule has 2 heterocycles. The fourth-order valence-corrected chi connectivity index (χ4v) is 4.32. The Morgan fingerprint density at radius 3 is 2.70 bits per heavy atom. The summed E-state index contributed by atoms with van der Waals surface area (Å²) in [4.78, 5) is 30.8. The van der Waals surface area contributed by atoms with Gasteiger partial charge in [-0.1, -0.05) is 18.9 Å². The third kappa shape index (κ3) is 4.58. The van der Waals surface area contributed by atoms with Gasteiger partial charge in [-0.2, -0.15) is 0 Å². The molecule has 1 aliphatic carbocycles. The van der Waals surface area contributed by atoms with Crippen LogP contribution < -0.4 is 21.7 Å². The number of pyridine rings is 1. The van der Waals surface area contributed by atoms with Crippen LogP contribution in [0.1, 0.15) is 51.0 Å². The van der Waals surface area contributed by atoms with E-state index in [1.54, 1.807) is 6.20 Å². The third-order valence-corrected chi connectivity index (χ3v) is 6.09. The molecule has 2 fully saturated rings. The Bertz CT molecular complexity index is 683. The van der Waals surface area contributed by atoms with E-state index in [0.29, 0.717) is 6.54 Å². The lowest BCUT2D eigenvalue weighted by Gasteiger charge is -2.37. The molecule has 1 saturated carbocycles. The highest BCUT2D eigenvalue weighted by Crippen LogP contribution is 2.32. The van der Waals surface area contributed by atoms with Gasteiger partial charge >= 0.3 is 0 Å². The van der Waals surface area contributed by atoms with Crippen molar-refractivity contribution in [2.75, 3.05) is 18.0 Å². The number of nitrogens with one attached hydrogen (secondary N) is 1. The van der Waals surface area contributed by atoms with Gasteiger partial charge in [-0.25, -0.2) is 4.98 Å².